The third kappa shape index (κ3) is 2.58. The molecule has 1 N–H and O–H groups in total. The molecule has 0 saturated carbocycles. The Kier molecular flexibility index (Phi) is 3.37. The molecule has 1 saturated heterocycles. The predicted octanol–water partition coefficient (Wildman–Crippen LogP) is 3.23. The van der Waals surface area contributed by atoms with Gasteiger partial charge >= 0.3 is 0 Å². The normalized spacial score (nSPS) is 23.8. The maximum absolute atomic E-state index is 6.21. The second-order valence-corrected chi connectivity index (χ2v) is 6.03. The summed E-state index contributed by atoms with van der Waals surface area (Å²) in [4.78, 5) is 2.46. The topological polar surface area (TPSA) is 15.3 Å². The second kappa shape index (κ2) is 4.51. The Bertz CT molecular complexity index is 415. The van der Waals surface area contributed by atoms with E-state index in [1.165, 1.54) is 11.3 Å². The summed E-state index contributed by atoms with van der Waals surface area (Å²) in [5, 5.41) is 4.42. The second-order valence-electron chi connectivity index (χ2n) is 5.63. The number of anilines is 1. The van der Waals surface area contributed by atoms with Gasteiger partial charge in [-0.15, -0.1) is 0 Å². The zero-order valence-corrected chi connectivity index (χ0v) is 11.8. The Balaban J connectivity index is 2.34. The van der Waals surface area contributed by atoms with Gasteiger partial charge in [-0.05, 0) is 45.4 Å². The van der Waals surface area contributed by atoms with Crippen molar-refractivity contribution in [2.24, 2.45) is 0 Å². The lowest BCUT2D eigenvalue weighted by Gasteiger charge is -2.45. The molecular weight excluding hydrogens is 232 g/mol. The van der Waals surface area contributed by atoms with E-state index in [0.717, 1.165) is 18.1 Å². The lowest BCUT2D eigenvalue weighted by atomic mass is 9.97. The van der Waals surface area contributed by atoms with Crippen LogP contribution < -0.4 is 10.2 Å². The van der Waals surface area contributed by atoms with E-state index in [1.54, 1.807) is 0 Å². The quantitative estimate of drug-likeness (QED) is 0.826. The Hall–Kier alpha value is -0.730. The zero-order valence-electron chi connectivity index (χ0n) is 11.0. The summed E-state index contributed by atoms with van der Waals surface area (Å²) in [7, 11) is 0. The Morgan fingerprint density at radius 3 is 2.82 bits per heavy atom. The fourth-order valence-corrected chi connectivity index (χ4v) is 2.57. The molecule has 1 aromatic carbocycles. The molecule has 0 bridgehead atoms. The van der Waals surface area contributed by atoms with Crippen molar-refractivity contribution in [1.29, 1.82) is 0 Å². The third-order valence-electron chi connectivity index (χ3n) is 3.52. The van der Waals surface area contributed by atoms with Crippen molar-refractivity contribution in [2.45, 2.75) is 39.3 Å². The summed E-state index contributed by atoms with van der Waals surface area (Å²) < 4.78 is 0. The first kappa shape index (κ1) is 12.7. The molecule has 17 heavy (non-hydrogen) atoms. The maximum atomic E-state index is 6.21. The van der Waals surface area contributed by atoms with Crippen LogP contribution >= 0.6 is 11.6 Å². The van der Waals surface area contributed by atoms with Crippen molar-refractivity contribution < 1.29 is 0 Å². The van der Waals surface area contributed by atoms with Crippen LogP contribution in [0, 0.1) is 6.92 Å². The van der Waals surface area contributed by atoms with Gasteiger partial charge in [-0.3, -0.25) is 0 Å². The minimum atomic E-state index is 0.154. The summed E-state index contributed by atoms with van der Waals surface area (Å²) in [6.07, 6.45) is 0. The average Bonchev–Trinajstić information content (AvgIpc) is 2.26. The van der Waals surface area contributed by atoms with Gasteiger partial charge in [-0.2, -0.15) is 0 Å². The van der Waals surface area contributed by atoms with Crippen molar-refractivity contribution >= 4 is 17.3 Å². The molecule has 1 aliphatic rings. The van der Waals surface area contributed by atoms with Gasteiger partial charge < -0.3 is 10.2 Å². The minimum Gasteiger partial charge on any atom is -0.365 e. The van der Waals surface area contributed by atoms with E-state index in [-0.39, 0.29) is 5.54 Å². The van der Waals surface area contributed by atoms with Crippen LogP contribution in [0.2, 0.25) is 5.02 Å². The van der Waals surface area contributed by atoms with Crippen LogP contribution in [0.15, 0.2) is 18.2 Å². The summed E-state index contributed by atoms with van der Waals surface area (Å²) in [6.45, 7) is 10.9. The summed E-state index contributed by atoms with van der Waals surface area (Å²) in [5.41, 5.74) is 2.60. The molecule has 0 aromatic heterocycles. The first-order chi connectivity index (χ1) is 7.91. The smallest absolute Gasteiger partial charge is 0.0455 e. The highest BCUT2D eigenvalue weighted by atomic mass is 35.5. The lowest BCUT2D eigenvalue weighted by molar-refractivity contribution is 0.318. The van der Waals surface area contributed by atoms with E-state index < -0.39 is 0 Å². The van der Waals surface area contributed by atoms with Crippen molar-refractivity contribution in [3.63, 3.8) is 0 Å². The van der Waals surface area contributed by atoms with Gasteiger partial charge in [0.05, 0.1) is 0 Å². The fraction of sp³-hybridized carbons (Fsp3) is 0.571. The van der Waals surface area contributed by atoms with Gasteiger partial charge in [0.2, 0.25) is 0 Å². The average molecular weight is 253 g/mol. The van der Waals surface area contributed by atoms with E-state index in [4.69, 9.17) is 11.6 Å². The molecule has 2 nitrogen and oxygen atoms in total. The van der Waals surface area contributed by atoms with Gasteiger partial charge in [-0.1, -0.05) is 17.7 Å². The Morgan fingerprint density at radius 2 is 2.12 bits per heavy atom. The van der Waals surface area contributed by atoms with Gasteiger partial charge in [0.25, 0.3) is 0 Å². The van der Waals surface area contributed by atoms with E-state index >= 15 is 0 Å². The first-order valence-corrected chi connectivity index (χ1v) is 6.55. The SMILES string of the molecule is Cc1c(Cl)cccc1N1CC(C)(C)NCC1C. The molecule has 1 aromatic rings. The molecule has 1 atom stereocenters. The van der Waals surface area contributed by atoms with E-state index in [9.17, 15) is 0 Å². The van der Waals surface area contributed by atoms with Gasteiger partial charge in [0.1, 0.15) is 0 Å². The van der Waals surface area contributed by atoms with Crippen molar-refractivity contribution in [3.8, 4) is 0 Å². The lowest BCUT2D eigenvalue weighted by Crippen LogP contribution is -2.61. The predicted molar refractivity (Wildman–Crippen MR) is 75.1 cm³/mol. The number of nitrogens with one attached hydrogen (secondary N) is 1. The van der Waals surface area contributed by atoms with Crippen LogP contribution in [-0.2, 0) is 0 Å². The third-order valence-corrected chi connectivity index (χ3v) is 3.93. The monoisotopic (exact) mass is 252 g/mol. The van der Waals surface area contributed by atoms with Crippen LogP contribution in [-0.4, -0.2) is 24.7 Å². The Morgan fingerprint density at radius 1 is 1.41 bits per heavy atom. The molecule has 0 spiro atoms. The molecule has 1 unspecified atom stereocenters. The van der Waals surface area contributed by atoms with Gasteiger partial charge in [0, 0.05) is 35.4 Å². The summed E-state index contributed by atoms with van der Waals surface area (Å²) >= 11 is 6.21. The summed E-state index contributed by atoms with van der Waals surface area (Å²) in [5.74, 6) is 0. The number of benzene rings is 1. The van der Waals surface area contributed by atoms with Crippen molar-refractivity contribution in [1.82, 2.24) is 5.32 Å². The van der Waals surface area contributed by atoms with Crippen LogP contribution in [0.1, 0.15) is 26.3 Å². The van der Waals surface area contributed by atoms with Crippen molar-refractivity contribution in [3.05, 3.63) is 28.8 Å². The van der Waals surface area contributed by atoms with Gasteiger partial charge in [-0.25, -0.2) is 0 Å². The molecule has 94 valence electrons. The number of halogens is 1. The van der Waals surface area contributed by atoms with Crippen molar-refractivity contribution in [2.75, 3.05) is 18.0 Å². The highest BCUT2D eigenvalue weighted by molar-refractivity contribution is 6.31. The van der Waals surface area contributed by atoms with Crippen LogP contribution in [0.3, 0.4) is 0 Å². The molecule has 3 heteroatoms. The van der Waals surface area contributed by atoms with E-state index in [2.05, 4.69) is 44.0 Å². The van der Waals surface area contributed by atoms with Gasteiger partial charge in [0.15, 0.2) is 0 Å². The number of nitrogens with zero attached hydrogens (tertiary/aromatic N) is 1. The number of rotatable bonds is 1. The molecular formula is C14H21ClN2. The van der Waals surface area contributed by atoms with Crippen LogP contribution in [0.25, 0.3) is 0 Å². The van der Waals surface area contributed by atoms with Crippen LogP contribution in [0.4, 0.5) is 5.69 Å². The van der Waals surface area contributed by atoms with Crippen LogP contribution in [0.5, 0.6) is 0 Å². The molecule has 2 rings (SSSR count). The molecule has 1 heterocycles. The fourth-order valence-electron chi connectivity index (χ4n) is 2.40. The highest BCUT2D eigenvalue weighted by Gasteiger charge is 2.31. The number of hydrogen-bond donors (Lipinski definition) is 1. The molecule has 0 radical (unpaired) electrons. The molecule has 0 aliphatic carbocycles. The highest BCUT2D eigenvalue weighted by Crippen LogP contribution is 2.30. The molecule has 1 aliphatic heterocycles. The summed E-state index contributed by atoms with van der Waals surface area (Å²) in [6, 6.07) is 6.66. The molecule has 0 amide bonds. The first-order valence-electron chi connectivity index (χ1n) is 6.17. The Labute approximate surface area is 109 Å². The number of hydrogen-bond acceptors (Lipinski definition) is 2. The zero-order chi connectivity index (χ0) is 12.6. The van der Waals surface area contributed by atoms with E-state index in [1.807, 2.05) is 12.1 Å². The minimum absolute atomic E-state index is 0.154. The standard InChI is InChI=1S/C14H21ClN2/c1-10-8-16-14(3,4)9-17(10)13-7-5-6-12(15)11(13)2/h5-7,10,16H,8-9H2,1-4H3. The molecule has 1 fully saturated rings. The van der Waals surface area contributed by atoms with E-state index in [0.29, 0.717) is 6.04 Å². The number of piperazine rings is 1. The largest absolute Gasteiger partial charge is 0.365 e. The maximum Gasteiger partial charge on any atom is 0.0455 e.